The number of halogens is 1. The van der Waals surface area contributed by atoms with Crippen LogP contribution in [0.3, 0.4) is 0 Å². The molecule has 0 unspecified atom stereocenters. The van der Waals surface area contributed by atoms with Gasteiger partial charge in [-0.1, -0.05) is 0 Å². The molecule has 1 fully saturated rings. The van der Waals surface area contributed by atoms with Crippen LogP contribution >= 0.6 is 12.4 Å². The van der Waals surface area contributed by atoms with Crippen LogP contribution in [0.1, 0.15) is 19.3 Å². The lowest BCUT2D eigenvalue weighted by Crippen LogP contribution is -2.35. The number of nitrogens with zero attached hydrogens (tertiary/aromatic N) is 1. The van der Waals surface area contributed by atoms with Gasteiger partial charge in [0.25, 0.3) is 0 Å². The first-order chi connectivity index (χ1) is 7.18. The zero-order valence-corrected chi connectivity index (χ0v) is 11.1. The summed E-state index contributed by atoms with van der Waals surface area (Å²) in [5.41, 5.74) is 0. The maximum Gasteiger partial charge on any atom is 0.220 e. The summed E-state index contributed by atoms with van der Waals surface area (Å²) in [7, 11) is 4.03. The highest BCUT2D eigenvalue weighted by molar-refractivity contribution is 5.85. The molecule has 0 aromatic rings. The lowest BCUT2D eigenvalue weighted by Gasteiger charge is -2.22. The fourth-order valence-corrected chi connectivity index (χ4v) is 1.84. The second-order valence-corrected chi connectivity index (χ2v) is 4.55. The number of hydrogen-bond donors (Lipinski definition) is 2. The molecule has 0 aromatic carbocycles. The summed E-state index contributed by atoms with van der Waals surface area (Å²) in [5, 5.41) is 6.27. The molecule has 16 heavy (non-hydrogen) atoms. The standard InChI is InChI=1S/C11H23N3O.ClH/c1-14(2)8-7-13-11(15)9-10-3-5-12-6-4-10;/h10,12H,3-9H2,1-2H3,(H,13,15);1H. The third kappa shape index (κ3) is 7.04. The second kappa shape index (κ2) is 8.79. The van der Waals surface area contributed by atoms with Gasteiger partial charge in [0.05, 0.1) is 0 Å². The van der Waals surface area contributed by atoms with E-state index < -0.39 is 0 Å². The largest absolute Gasteiger partial charge is 0.355 e. The minimum Gasteiger partial charge on any atom is -0.355 e. The van der Waals surface area contributed by atoms with E-state index in [2.05, 4.69) is 15.5 Å². The van der Waals surface area contributed by atoms with E-state index in [4.69, 9.17) is 0 Å². The molecule has 1 amide bonds. The molecule has 1 rings (SSSR count). The van der Waals surface area contributed by atoms with Crippen molar-refractivity contribution in [2.75, 3.05) is 40.3 Å². The maximum absolute atomic E-state index is 11.5. The molecule has 0 saturated carbocycles. The Bertz CT molecular complexity index is 194. The van der Waals surface area contributed by atoms with Crippen molar-refractivity contribution >= 4 is 18.3 Å². The lowest BCUT2D eigenvalue weighted by molar-refractivity contribution is -0.122. The summed E-state index contributed by atoms with van der Waals surface area (Å²) in [6, 6.07) is 0. The van der Waals surface area contributed by atoms with Gasteiger partial charge in [0.2, 0.25) is 5.91 Å². The van der Waals surface area contributed by atoms with E-state index in [1.807, 2.05) is 14.1 Å². The lowest BCUT2D eigenvalue weighted by atomic mass is 9.94. The minimum atomic E-state index is 0. The monoisotopic (exact) mass is 249 g/mol. The first-order valence-electron chi connectivity index (χ1n) is 5.80. The zero-order valence-electron chi connectivity index (χ0n) is 10.3. The van der Waals surface area contributed by atoms with Gasteiger partial charge < -0.3 is 15.5 Å². The van der Waals surface area contributed by atoms with Crippen LogP contribution in [0, 0.1) is 5.92 Å². The molecule has 0 aromatic heterocycles. The molecule has 0 radical (unpaired) electrons. The Kier molecular flexibility index (Phi) is 8.61. The van der Waals surface area contributed by atoms with Gasteiger partial charge in [-0.2, -0.15) is 0 Å². The van der Waals surface area contributed by atoms with Crippen LogP contribution in [0.4, 0.5) is 0 Å². The van der Waals surface area contributed by atoms with Gasteiger partial charge in [-0.15, -0.1) is 12.4 Å². The fourth-order valence-electron chi connectivity index (χ4n) is 1.84. The third-order valence-corrected chi connectivity index (χ3v) is 2.81. The SMILES string of the molecule is CN(C)CCNC(=O)CC1CCNCC1.Cl. The van der Waals surface area contributed by atoms with Gasteiger partial charge in [0, 0.05) is 19.5 Å². The summed E-state index contributed by atoms with van der Waals surface area (Å²) in [6.45, 7) is 3.81. The molecule has 0 atom stereocenters. The highest BCUT2D eigenvalue weighted by atomic mass is 35.5. The molecule has 4 nitrogen and oxygen atoms in total. The van der Waals surface area contributed by atoms with E-state index in [-0.39, 0.29) is 18.3 Å². The Morgan fingerprint density at radius 3 is 2.56 bits per heavy atom. The van der Waals surface area contributed by atoms with Crippen molar-refractivity contribution in [2.24, 2.45) is 5.92 Å². The average molecular weight is 250 g/mol. The van der Waals surface area contributed by atoms with Crippen molar-refractivity contribution in [3.05, 3.63) is 0 Å². The van der Waals surface area contributed by atoms with Crippen LogP contribution in [-0.4, -0.2) is 51.1 Å². The van der Waals surface area contributed by atoms with E-state index in [1.165, 1.54) is 0 Å². The number of piperidine rings is 1. The smallest absolute Gasteiger partial charge is 0.220 e. The number of carbonyl (C=O) groups excluding carboxylic acids is 1. The predicted molar refractivity (Wildman–Crippen MR) is 69.0 cm³/mol. The molecule has 1 heterocycles. The normalized spacial score (nSPS) is 16.9. The van der Waals surface area contributed by atoms with Crippen molar-refractivity contribution in [1.82, 2.24) is 15.5 Å². The summed E-state index contributed by atoms with van der Waals surface area (Å²) in [6.07, 6.45) is 2.98. The third-order valence-electron chi connectivity index (χ3n) is 2.81. The van der Waals surface area contributed by atoms with Crippen LogP contribution in [0.2, 0.25) is 0 Å². The minimum absolute atomic E-state index is 0. The van der Waals surface area contributed by atoms with Crippen molar-refractivity contribution in [3.8, 4) is 0 Å². The van der Waals surface area contributed by atoms with Gasteiger partial charge >= 0.3 is 0 Å². The summed E-state index contributed by atoms with van der Waals surface area (Å²) in [5.74, 6) is 0.800. The molecule has 1 aliphatic rings. The Morgan fingerprint density at radius 2 is 2.00 bits per heavy atom. The van der Waals surface area contributed by atoms with Crippen molar-refractivity contribution in [2.45, 2.75) is 19.3 Å². The summed E-state index contributed by atoms with van der Waals surface area (Å²) >= 11 is 0. The van der Waals surface area contributed by atoms with E-state index in [0.717, 1.165) is 39.0 Å². The predicted octanol–water partition coefficient (Wildman–Crippen LogP) is 0.476. The number of likely N-dealkylation sites (N-methyl/N-ethyl adjacent to an activating group) is 1. The van der Waals surface area contributed by atoms with Crippen LogP contribution in [0.5, 0.6) is 0 Å². The number of nitrogens with one attached hydrogen (secondary N) is 2. The summed E-state index contributed by atoms with van der Waals surface area (Å²) < 4.78 is 0. The first-order valence-corrected chi connectivity index (χ1v) is 5.80. The number of rotatable bonds is 5. The Labute approximate surface area is 105 Å². The highest BCUT2D eigenvalue weighted by Crippen LogP contribution is 2.15. The molecule has 0 bridgehead atoms. The van der Waals surface area contributed by atoms with Crippen LogP contribution in [-0.2, 0) is 4.79 Å². The Hall–Kier alpha value is -0.320. The van der Waals surface area contributed by atoms with Gasteiger partial charge in [0.15, 0.2) is 0 Å². The average Bonchev–Trinajstić information content (AvgIpc) is 2.18. The number of carbonyl (C=O) groups is 1. The molecule has 2 N–H and O–H groups in total. The number of hydrogen-bond acceptors (Lipinski definition) is 3. The second-order valence-electron chi connectivity index (χ2n) is 4.55. The quantitative estimate of drug-likeness (QED) is 0.745. The van der Waals surface area contributed by atoms with Gasteiger partial charge in [0.1, 0.15) is 0 Å². The van der Waals surface area contributed by atoms with Crippen LogP contribution in [0.15, 0.2) is 0 Å². The van der Waals surface area contributed by atoms with Crippen molar-refractivity contribution < 1.29 is 4.79 Å². The van der Waals surface area contributed by atoms with E-state index >= 15 is 0 Å². The maximum atomic E-state index is 11.5. The van der Waals surface area contributed by atoms with E-state index in [9.17, 15) is 4.79 Å². The van der Waals surface area contributed by atoms with Gasteiger partial charge in [-0.25, -0.2) is 0 Å². The fraction of sp³-hybridized carbons (Fsp3) is 0.909. The van der Waals surface area contributed by atoms with E-state index in [1.54, 1.807) is 0 Å². The van der Waals surface area contributed by atoms with Crippen molar-refractivity contribution in [3.63, 3.8) is 0 Å². The molecule has 0 aliphatic carbocycles. The summed E-state index contributed by atoms with van der Waals surface area (Å²) in [4.78, 5) is 13.6. The molecule has 0 spiro atoms. The zero-order chi connectivity index (χ0) is 11.1. The molecular weight excluding hydrogens is 226 g/mol. The number of amides is 1. The van der Waals surface area contributed by atoms with Gasteiger partial charge in [-0.05, 0) is 45.9 Å². The van der Waals surface area contributed by atoms with Gasteiger partial charge in [-0.3, -0.25) is 4.79 Å². The molecule has 96 valence electrons. The van der Waals surface area contributed by atoms with E-state index in [0.29, 0.717) is 12.3 Å². The molecular formula is C11H24ClN3O. The molecule has 1 saturated heterocycles. The molecule has 5 heteroatoms. The topological polar surface area (TPSA) is 44.4 Å². The van der Waals surface area contributed by atoms with Crippen LogP contribution < -0.4 is 10.6 Å². The Morgan fingerprint density at radius 1 is 1.38 bits per heavy atom. The van der Waals surface area contributed by atoms with Crippen molar-refractivity contribution in [1.29, 1.82) is 0 Å². The first kappa shape index (κ1) is 15.7. The van der Waals surface area contributed by atoms with Crippen LogP contribution in [0.25, 0.3) is 0 Å². The molecule has 1 aliphatic heterocycles. The Balaban J connectivity index is 0.00000225. The highest BCUT2D eigenvalue weighted by Gasteiger charge is 2.16.